The highest BCUT2D eigenvalue weighted by atomic mass is 32.2. The van der Waals surface area contributed by atoms with E-state index in [1.165, 1.54) is 17.3 Å². The summed E-state index contributed by atoms with van der Waals surface area (Å²) in [6, 6.07) is 7.98. The SMILES string of the molecule is Cc1ccc2nc(SCC(=O)N[C@H]3COC[C@H]3Cc3cc(C)no3)[nH]c2c1. The van der Waals surface area contributed by atoms with E-state index in [2.05, 4.69) is 26.5 Å². The number of ether oxygens (including phenoxy) is 1. The van der Waals surface area contributed by atoms with Crippen LogP contribution in [0.4, 0.5) is 0 Å². The number of nitrogens with one attached hydrogen (secondary N) is 2. The largest absolute Gasteiger partial charge is 0.379 e. The van der Waals surface area contributed by atoms with Crippen LogP contribution in [0.3, 0.4) is 0 Å². The highest BCUT2D eigenvalue weighted by Gasteiger charge is 2.30. The van der Waals surface area contributed by atoms with Gasteiger partial charge in [-0.05, 0) is 31.5 Å². The van der Waals surface area contributed by atoms with E-state index in [0.29, 0.717) is 25.4 Å². The molecule has 4 rings (SSSR count). The van der Waals surface area contributed by atoms with Gasteiger partial charge < -0.3 is 19.6 Å². The van der Waals surface area contributed by atoms with Crippen molar-refractivity contribution >= 4 is 28.7 Å². The first-order chi connectivity index (χ1) is 13.1. The summed E-state index contributed by atoms with van der Waals surface area (Å²) in [6.45, 7) is 5.08. The van der Waals surface area contributed by atoms with Gasteiger partial charge in [-0.2, -0.15) is 0 Å². The number of nitrogens with zero attached hydrogens (tertiary/aromatic N) is 2. The number of fused-ring (bicyclic) bond motifs is 1. The fraction of sp³-hybridized carbons (Fsp3) is 0.421. The van der Waals surface area contributed by atoms with Gasteiger partial charge in [0.2, 0.25) is 5.91 Å². The van der Waals surface area contributed by atoms with E-state index in [4.69, 9.17) is 9.26 Å². The van der Waals surface area contributed by atoms with E-state index in [1.54, 1.807) is 0 Å². The number of aryl methyl sites for hydroxylation is 2. The Kier molecular flexibility index (Phi) is 5.18. The summed E-state index contributed by atoms with van der Waals surface area (Å²) in [7, 11) is 0. The maximum atomic E-state index is 12.4. The number of carbonyl (C=O) groups is 1. The monoisotopic (exact) mass is 386 g/mol. The van der Waals surface area contributed by atoms with Crippen molar-refractivity contribution < 1.29 is 14.1 Å². The minimum atomic E-state index is -0.0223. The molecule has 7 nitrogen and oxygen atoms in total. The third-order valence-electron chi connectivity index (χ3n) is 4.64. The normalized spacial score (nSPS) is 19.6. The molecule has 2 atom stereocenters. The van der Waals surface area contributed by atoms with E-state index in [0.717, 1.165) is 27.6 Å². The Balaban J connectivity index is 1.31. The van der Waals surface area contributed by atoms with Crippen LogP contribution < -0.4 is 5.32 Å². The van der Waals surface area contributed by atoms with E-state index in [-0.39, 0.29) is 17.9 Å². The molecule has 3 aromatic rings. The first-order valence-electron chi connectivity index (χ1n) is 8.95. The number of imidazole rings is 1. The van der Waals surface area contributed by atoms with Crippen molar-refractivity contribution in [2.75, 3.05) is 19.0 Å². The number of benzene rings is 1. The van der Waals surface area contributed by atoms with Gasteiger partial charge in [0.15, 0.2) is 5.16 Å². The molecule has 1 aliphatic rings. The van der Waals surface area contributed by atoms with E-state index in [1.807, 2.05) is 32.0 Å². The molecular formula is C19H22N4O3S. The molecule has 0 aliphatic carbocycles. The lowest BCUT2D eigenvalue weighted by Crippen LogP contribution is -2.41. The molecule has 1 fully saturated rings. The standard InChI is InChI=1S/C19H22N4O3S/c1-11-3-4-15-16(5-11)22-19(21-15)27-10-18(24)20-17-9-25-8-13(17)7-14-6-12(2)23-26-14/h3-6,13,17H,7-10H2,1-2H3,(H,20,24)(H,21,22)/t13-,17+/m1/s1. The van der Waals surface area contributed by atoms with Crippen molar-refractivity contribution in [2.45, 2.75) is 31.5 Å². The fourth-order valence-corrected chi connectivity index (χ4v) is 3.98. The number of aromatic nitrogens is 3. The van der Waals surface area contributed by atoms with Gasteiger partial charge in [-0.15, -0.1) is 0 Å². The molecule has 3 heterocycles. The summed E-state index contributed by atoms with van der Waals surface area (Å²) < 4.78 is 10.8. The predicted molar refractivity (Wildman–Crippen MR) is 103 cm³/mol. The average Bonchev–Trinajstić information content (AvgIpc) is 3.34. The quantitative estimate of drug-likeness (QED) is 0.633. The summed E-state index contributed by atoms with van der Waals surface area (Å²) in [4.78, 5) is 20.1. The van der Waals surface area contributed by atoms with Crippen molar-refractivity contribution in [2.24, 2.45) is 5.92 Å². The van der Waals surface area contributed by atoms with Crippen LogP contribution in [0.5, 0.6) is 0 Å². The molecule has 0 radical (unpaired) electrons. The molecule has 1 saturated heterocycles. The van der Waals surface area contributed by atoms with Crippen molar-refractivity contribution in [3.8, 4) is 0 Å². The molecule has 142 valence electrons. The Labute approximate surface area is 161 Å². The Morgan fingerprint density at radius 3 is 3.04 bits per heavy atom. The minimum Gasteiger partial charge on any atom is -0.379 e. The van der Waals surface area contributed by atoms with Crippen molar-refractivity contribution in [3.63, 3.8) is 0 Å². The first-order valence-corrected chi connectivity index (χ1v) is 9.94. The molecule has 1 amide bonds. The summed E-state index contributed by atoms with van der Waals surface area (Å²) in [5.41, 5.74) is 3.94. The summed E-state index contributed by atoms with van der Waals surface area (Å²) in [5.74, 6) is 1.31. The molecule has 1 aliphatic heterocycles. The zero-order chi connectivity index (χ0) is 18.8. The van der Waals surface area contributed by atoms with Gasteiger partial charge in [0.05, 0.1) is 41.7 Å². The topological polar surface area (TPSA) is 93.0 Å². The van der Waals surface area contributed by atoms with Crippen LogP contribution in [-0.4, -0.2) is 46.0 Å². The number of hydrogen-bond acceptors (Lipinski definition) is 6. The Morgan fingerprint density at radius 1 is 1.33 bits per heavy atom. The lowest BCUT2D eigenvalue weighted by molar-refractivity contribution is -0.119. The van der Waals surface area contributed by atoms with E-state index < -0.39 is 0 Å². The van der Waals surface area contributed by atoms with Crippen LogP contribution in [-0.2, 0) is 16.0 Å². The van der Waals surface area contributed by atoms with Crippen LogP contribution in [0.2, 0.25) is 0 Å². The lowest BCUT2D eigenvalue weighted by Gasteiger charge is -2.17. The number of carbonyl (C=O) groups excluding carboxylic acids is 1. The van der Waals surface area contributed by atoms with Crippen molar-refractivity contribution in [1.29, 1.82) is 0 Å². The van der Waals surface area contributed by atoms with Gasteiger partial charge in [-0.1, -0.05) is 23.0 Å². The van der Waals surface area contributed by atoms with Crippen LogP contribution in [0, 0.1) is 19.8 Å². The molecule has 0 unspecified atom stereocenters. The third kappa shape index (κ3) is 4.33. The highest BCUT2D eigenvalue weighted by Crippen LogP contribution is 2.22. The van der Waals surface area contributed by atoms with Gasteiger partial charge in [0.1, 0.15) is 5.76 Å². The lowest BCUT2D eigenvalue weighted by atomic mass is 9.98. The zero-order valence-electron chi connectivity index (χ0n) is 15.3. The average molecular weight is 386 g/mol. The summed E-state index contributed by atoms with van der Waals surface area (Å²) >= 11 is 1.40. The molecular weight excluding hydrogens is 364 g/mol. The number of H-pyrrole nitrogens is 1. The smallest absolute Gasteiger partial charge is 0.230 e. The second-order valence-electron chi connectivity index (χ2n) is 6.96. The molecule has 2 aromatic heterocycles. The number of amides is 1. The second-order valence-corrected chi connectivity index (χ2v) is 7.93. The van der Waals surface area contributed by atoms with Crippen LogP contribution in [0.1, 0.15) is 17.0 Å². The van der Waals surface area contributed by atoms with E-state index in [9.17, 15) is 4.79 Å². The maximum Gasteiger partial charge on any atom is 0.230 e. The Morgan fingerprint density at radius 2 is 2.22 bits per heavy atom. The number of thioether (sulfide) groups is 1. The summed E-state index contributed by atoms with van der Waals surface area (Å²) in [5, 5.41) is 7.75. The van der Waals surface area contributed by atoms with Crippen molar-refractivity contribution in [1.82, 2.24) is 20.4 Å². The highest BCUT2D eigenvalue weighted by molar-refractivity contribution is 7.99. The molecule has 1 aromatic carbocycles. The Bertz CT molecular complexity index is 951. The molecule has 2 N–H and O–H groups in total. The first kappa shape index (κ1) is 18.1. The molecule has 8 heteroatoms. The van der Waals surface area contributed by atoms with E-state index >= 15 is 0 Å². The number of rotatable bonds is 6. The summed E-state index contributed by atoms with van der Waals surface area (Å²) in [6.07, 6.45) is 0.710. The van der Waals surface area contributed by atoms with Gasteiger partial charge in [-0.3, -0.25) is 4.79 Å². The molecule has 0 spiro atoms. The number of hydrogen-bond donors (Lipinski definition) is 2. The zero-order valence-corrected chi connectivity index (χ0v) is 16.1. The minimum absolute atomic E-state index is 0.0122. The third-order valence-corrected chi connectivity index (χ3v) is 5.51. The van der Waals surface area contributed by atoms with Gasteiger partial charge in [0.25, 0.3) is 0 Å². The van der Waals surface area contributed by atoms with Gasteiger partial charge >= 0.3 is 0 Å². The fourth-order valence-electron chi connectivity index (χ4n) is 3.28. The number of aromatic amines is 1. The molecule has 0 saturated carbocycles. The maximum absolute atomic E-state index is 12.4. The predicted octanol–water partition coefficient (Wildman–Crippen LogP) is 2.63. The van der Waals surface area contributed by atoms with Crippen LogP contribution in [0.25, 0.3) is 11.0 Å². The second kappa shape index (κ2) is 7.74. The van der Waals surface area contributed by atoms with Crippen molar-refractivity contribution in [3.05, 3.63) is 41.3 Å². The van der Waals surface area contributed by atoms with Crippen LogP contribution >= 0.6 is 11.8 Å². The van der Waals surface area contributed by atoms with Gasteiger partial charge in [-0.25, -0.2) is 4.98 Å². The molecule has 0 bridgehead atoms. The molecule has 27 heavy (non-hydrogen) atoms. The van der Waals surface area contributed by atoms with Crippen LogP contribution in [0.15, 0.2) is 33.9 Å². The Hall–Kier alpha value is -2.32. The van der Waals surface area contributed by atoms with Gasteiger partial charge in [0, 0.05) is 18.4 Å².